The Morgan fingerprint density at radius 2 is 1.63 bits per heavy atom. The van der Waals surface area contributed by atoms with Gasteiger partial charge in [0.1, 0.15) is 5.75 Å². The minimum Gasteiger partial charge on any atom is -0.481 e. The minimum atomic E-state index is -0.603. The molecule has 2 aromatic rings. The molecule has 1 saturated heterocycles. The van der Waals surface area contributed by atoms with Gasteiger partial charge in [0.25, 0.3) is 11.8 Å². The Morgan fingerprint density at radius 3 is 2.33 bits per heavy atom. The van der Waals surface area contributed by atoms with Gasteiger partial charge in [0.2, 0.25) is 0 Å². The number of hydrogen-bond donors (Lipinski definition) is 0. The highest BCUT2D eigenvalue weighted by Crippen LogP contribution is 2.18. The van der Waals surface area contributed by atoms with Crippen LogP contribution in [0.15, 0.2) is 48.8 Å². The maximum atomic E-state index is 12.7. The van der Waals surface area contributed by atoms with Crippen molar-refractivity contribution < 1.29 is 14.3 Å². The SMILES string of the molecule is CC(Oc1ccc(Cl)cc1)C(=O)N1CCCN(C(=O)c2ccncc2)CC1. The summed E-state index contributed by atoms with van der Waals surface area (Å²) in [5.41, 5.74) is 0.615. The van der Waals surface area contributed by atoms with E-state index >= 15 is 0 Å². The van der Waals surface area contributed by atoms with Crippen molar-refractivity contribution in [1.82, 2.24) is 14.8 Å². The van der Waals surface area contributed by atoms with Gasteiger partial charge in [0.15, 0.2) is 6.10 Å². The third kappa shape index (κ3) is 4.98. The van der Waals surface area contributed by atoms with E-state index < -0.39 is 6.10 Å². The number of nitrogens with zero attached hydrogens (tertiary/aromatic N) is 3. The van der Waals surface area contributed by atoms with Crippen LogP contribution >= 0.6 is 11.6 Å². The maximum absolute atomic E-state index is 12.7. The topological polar surface area (TPSA) is 62.7 Å². The van der Waals surface area contributed by atoms with E-state index in [4.69, 9.17) is 16.3 Å². The molecule has 1 fully saturated rings. The number of benzene rings is 1. The molecule has 0 aliphatic carbocycles. The molecule has 1 atom stereocenters. The predicted octanol–water partition coefficient (Wildman–Crippen LogP) is 2.88. The number of carbonyl (C=O) groups excluding carboxylic acids is 2. The van der Waals surface area contributed by atoms with E-state index in [1.807, 2.05) is 0 Å². The average molecular weight is 388 g/mol. The molecule has 142 valence electrons. The van der Waals surface area contributed by atoms with E-state index in [0.29, 0.717) is 42.5 Å². The molecule has 1 unspecified atom stereocenters. The highest BCUT2D eigenvalue weighted by Gasteiger charge is 2.26. The lowest BCUT2D eigenvalue weighted by Gasteiger charge is -2.25. The largest absolute Gasteiger partial charge is 0.481 e. The third-order valence-corrected chi connectivity index (χ3v) is 4.75. The number of pyridine rings is 1. The number of halogens is 1. The summed E-state index contributed by atoms with van der Waals surface area (Å²) in [6.07, 6.45) is 3.34. The molecule has 1 aromatic carbocycles. The molecule has 6 nitrogen and oxygen atoms in total. The average Bonchev–Trinajstić information content (AvgIpc) is 2.95. The number of aromatic nitrogens is 1. The summed E-state index contributed by atoms with van der Waals surface area (Å²) in [5.74, 6) is 0.491. The Bertz CT molecular complexity index is 783. The van der Waals surface area contributed by atoms with Crippen molar-refractivity contribution in [3.8, 4) is 5.75 Å². The van der Waals surface area contributed by atoms with E-state index in [1.165, 1.54) is 0 Å². The van der Waals surface area contributed by atoms with Crippen molar-refractivity contribution >= 4 is 23.4 Å². The van der Waals surface area contributed by atoms with Gasteiger partial charge < -0.3 is 14.5 Å². The molecule has 0 spiro atoms. The molecule has 3 rings (SSSR count). The fourth-order valence-electron chi connectivity index (χ4n) is 3.04. The molecule has 2 amide bonds. The molecule has 1 aromatic heterocycles. The molecule has 0 N–H and O–H groups in total. The Morgan fingerprint density at radius 1 is 1.00 bits per heavy atom. The molecule has 0 bridgehead atoms. The van der Waals surface area contributed by atoms with Gasteiger partial charge in [-0.3, -0.25) is 14.6 Å². The van der Waals surface area contributed by atoms with Crippen molar-refractivity contribution in [1.29, 1.82) is 0 Å². The predicted molar refractivity (Wildman–Crippen MR) is 103 cm³/mol. The Hall–Kier alpha value is -2.60. The van der Waals surface area contributed by atoms with Crippen molar-refractivity contribution in [2.45, 2.75) is 19.4 Å². The van der Waals surface area contributed by atoms with E-state index in [-0.39, 0.29) is 11.8 Å². The quantitative estimate of drug-likeness (QED) is 0.809. The lowest BCUT2D eigenvalue weighted by atomic mass is 10.2. The summed E-state index contributed by atoms with van der Waals surface area (Å²) < 4.78 is 5.73. The molecule has 1 aliphatic rings. The van der Waals surface area contributed by atoms with Gasteiger partial charge in [0.05, 0.1) is 0 Å². The fourth-order valence-corrected chi connectivity index (χ4v) is 3.17. The number of carbonyl (C=O) groups is 2. The van der Waals surface area contributed by atoms with Crippen LogP contribution in [-0.2, 0) is 4.79 Å². The molecule has 7 heteroatoms. The summed E-state index contributed by atoms with van der Waals surface area (Å²) in [6, 6.07) is 10.3. The van der Waals surface area contributed by atoms with Crippen LogP contribution in [0.2, 0.25) is 5.02 Å². The molecule has 0 radical (unpaired) electrons. The minimum absolute atomic E-state index is 0.0304. The second-order valence-electron chi connectivity index (χ2n) is 6.42. The fraction of sp³-hybridized carbons (Fsp3) is 0.350. The van der Waals surface area contributed by atoms with Crippen LogP contribution in [0.4, 0.5) is 0 Å². The first-order valence-corrected chi connectivity index (χ1v) is 9.32. The first kappa shape index (κ1) is 19.2. The Balaban J connectivity index is 1.57. The summed E-state index contributed by atoms with van der Waals surface area (Å²) in [6.45, 7) is 3.96. The van der Waals surface area contributed by atoms with Crippen molar-refractivity contribution in [2.75, 3.05) is 26.2 Å². The second kappa shape index (κ2) is 8.86. The summed E-state index contributed by atoms with van der Waals surface area (Å²) in [4.78, 5) is 32.8. The van der Waals surface area contributed by atoms with Gasteiger partial charge in [-0.25, -0.2) is 0 Å². The summed E-state index contributed by atoms with van der Waals surface area (Å²) in [7, 11) is 0. The van der Waals surface area contributed by atoms with E-state index in [0.717, 1.165) is 6.42 Å². The smallest absolute Gasteiger partial charge is 0.263 e. The second-order valence-corrected chi connectivity index (χ2v) is 6.86. The molecule has 2 heterocycles. The van der Waals surface area contributed by atoms with E-state index in [9.17, 15) is 9.59 Å². The third-order valence-electron chi connectivity index (χ3n) is 4.50. The molecule has 27 heavy (non-hydrogen) atoms. The zero-order chi connectivity index (χ0) is 19.2. The normalized spacial score (nSPS) is 15.8. The number of hydrogen-bond acceptors (Lipinski definition) is 4. The van der Waals surface area contributed by atoms with Crippen molar-refractivity contribution in [2.24, 2.45) is 0 Å². The summed E-state index contributed by atoms with van der Waals surface area (Å²) >= 11 is 5.87. The van der Waals surface area contributed by atoms with Gasteiger partial charge >= 0.3 is 0 Å². The van der Waals surface area contributed by atoms with Crippen LogP contribution in [-0.4, -0.2) is 58.9 Å². The lowest BCUT2D eigenvalue weighted by Crippen LogP contribution is -2.43. The molecular weight excluding hydrogens is 366 g/mol. The molecule has 1 aliphatic heterocycles. The van der Waals surface area contributed by atoms with Crippen LogP contribution in [0.1, 0.15) is 23.7 Å². The first-order chi connectivity index (χ1) is 13.0. The zero-order valence-electron chi connectivity index (χ0n) is 15.2. The van der Waals surface area contributed by atoms with Gasteiger partial charge in [-0.05, 0) is 49.7 Å². The molecular formula is C20H22ClN3O3. The number of rotatable bonds is 4. The number of amides is 2. The van der Waals surface area contributed by atoms with Crippen LogP contribution in [0.25, 0.3) is 0 Å². The maximum Gasteiger partial charge on any atom is 0.263 e. The van der Waals surface area contributed by atoms with Crippen molar-refractivity contribution in [3.63, 3.8) is 0 Å². The van der Waals surface area contributed by atoms with Gasteiger partial charge in [-0.1, -0.05) is 11.6 Å². The Labute approximate surface area is 163 Å². The van der Waals surface area contributed by atoms with Crippen LogP contribution in [0, 0.1) is 0 Å². The Kier molecular flexibility index (Phi) is 6.29. The highest BCUT2D eigenvalue weighted by molar-refractivity contribution is 6.30. The standard InChI is InChI=1S/C20H22ClN3O3/c1-15(27-18-5-3-17(21)4-6-18)19(25)23-11-2-12-24(14-13-23)20(26)16-7-9-22-10-8-16/h3-10,15H,2,11-14H2,1H3. The van der Waals surface area contributed by atoms with E-state index in [2.05, 4.69) is 4.98 Å². The molecule has 0 saturated carbocycles. The monoisotopic (exact) mass is 387 g/mol. The van der Waals surface area contributed by atoms with E-state index in [1.54, 1.807) is 65.5 Å². The summed E-state index contributed by atoms with van der Waals surface area (Å²) in [5, 5.41) is 0.618. The first-order valence-electron chi connectivity index (χ1n) is 8.95. The highest BCUT2D eigenvalue weighted by atomic mass is 35.5. The number of ether oxygens (including phenoxy) is 1. The van der Waals surface area contributed by atoms with Gasteiger partial charge in [-0.2, -0.15) is 0 Å². The van der Waals surface area contributed by atoms with Crippen LogP contribution in [0.3, 0.4) is 0 Å². The van der Waals surface area contributed by atoms with Crippen LogP contribution < -0.4 is 4.74 Å². The van der Waals surface area contributed by atoms with Gasteiger partial charge in [-0.15, -0.1) is 0 Å². The van der Waals surface area contributed by atoms with Gasteiger partial charge in [0, 0.05) is 49.2 Å². The van der Waals surface area contributed by atoms with Crippen molar-refractivity contribution in [3.05, 3.63) is 59.4 Å². The lowest BCUT2D eigenvalue weighted by molar-refractivity contribution is -0.137. The van der Waals surface area contributed by atoms with Crippen LogP contribution in [0.5, 0.6) is 5.75 Å². The zero-order valence-corrected chi connectivity index (χ0v) is 15.9.